The van der Waals surface area contributed by atoms with Crippen molar-refractivity contribution >= 4 is 15.9 Å². The number of piperazine rings is 1. The highest BCUT2D eigenvalue weighted by atomic mass is 79.9. The van der Waals surface area contributed by atoms with Gasteiger partial charge in [-0.05, 0) is 39.2 Å². The molecule has 0 radical (unpaired) electrons. The monoisotopic (exact) mass is 316 g/mol. The van der Waals surface area contributed by atoms with Crippen LogP contribution in [0, 0.1) is 5.41 Å². The third-order valence-electron chi connectivity index (χ3n) is 5.19. The van der Waals surface area contributed by atoms with E-state index in [2.05, 4.69) is 46.6 Å². The van der Waals surface area contributed by atoms with Crippen LogP contribution in [-0.2, 0) is 0 Å². The third kappa shape index (κ3) is 3.29. The van der Waals surface area contributed by atoms with E-state index in [1.54, 1.807) is 0 Å². The Balaban J connectivity index is 1.95. The maximum absolute atomic E-state index is 3.80. The van der Waals surface area contributed by atoms with Gasteiger partial charge < -0.3 is 0 Å². The largest absolute Gasteiger partial charge is 0.300 e. The summed E-state index contributed by atoms with van der Waals surface area (Å²) in [6.07, 6.45) is 7.17. The van der Waals surface area contributed by atoms with Crippen LogP contribution >= 0.6 is 15.9 Å². The van der Waals surface area contributed by atoms with E-state index in [0.29, 0.717) is 17.5 Å². The van der Waals surface area contributed by atoms with Gasteiger partial charge in [0.1, 0.15) is 0 Å². The van der Waals surface area contributed by atoms with Crippen LogP contribution in [0.15, 0.2) is 0 Å². The molecule has 2 aliphatic rings. The maximum Gasteiger partial charge on any atom is 0.0195 e. The van der Waals surface area contributed by atoms with Crippen LogP contribution in [0.4, 0.5) is 0 Å². The Morgan fingerprint density at radius 3 is 2.11 bits per heavy atom. The highest BCUT2D eigenvalue weighted by Gasteiger charge is 2.35. The van der Waals surface area contributed by atoms with Gasteiger partial charge in [0.2, 0.25) is 0 Å². The van der Waals surface area contributed by atoms with Crippen molar-refractivity contribution in [3.05, 3.63) is 0 Å². The van der Waals surface area contributed by atoms with E-state index in [0.717, 1.165) is 0 Å². The normalized spacial score (nSPS) is 34.7. The maximum atomic E-state index is 3.80. The molecule has 2 fully saturated rings. The Labute approximate surface area is 121 Å². The summed E-state index contributed by atoms with van der Waals surface area (Å²) in [5.74, 6) is 0. The van der Waals surface area contributed by atoms with Crippen molar-refractivity contribution in [2.45, 2.75) is 58.0 Å². The lowest BCUT2D eigenvalue weighted by Crippen LogP contribution is -2.57. The lowest BCUT2D eigenvalue weighted by Gasteiger charge is -2.47. The zero-order chi connectivity index (χ0) is 13.2. The van der Waals surface area contributed by atoms with Crippen LogP contribution in [0.1, 0.15) is 46.0 Å². The lowest BCUT2D eigenvalue weighted by atomic mass is 9.75. The predicted molar refractivity (Wildman–Crippen MR) is 82.4 cm³/mol. The molecule has 2 atom stereocenters. The minimum atomic E-state index is 0.563. The zero-order valence-electron chi connectivity index (χ0n) is 12.3. The number of likely N-dealkylation sites (N-methyl/N-ethyl adjacent to an activating group) is 1. The van der Waals surface area contributed by atoms with E-state index >= 15 is 0 Å². The van der Waals surface area contributed by atoms with Crippen molar-refractivity contribution < 1.29 is 0 Å². The molecule has 0 N–H and O–H groups in total. The molecular formula is C15H29BrN2. The van der Waals surface area contributed by atoms with Gasteiger partial charge in [-0.15, -0.1) is 0 Å². The molecule has 2 unspecified atom stereocenters. The summed E-state index contributed by atoms with van der Waals surface area (Å²) in [6, 6.07) is 1.40. The Bertz CT molecular complexity index is 251. The van der Waals surface area contributed by atoms with Gasteiger partial charge in [0.05, 0.1) is 0 Å². The smallest absolute Gasteiger partial charge is 0.0195 e. The second kappa shape index (κ2) is 6.23. The van der Waals surface area contributed by atoms with Crippen LogP contribution in [0.5, 0.6) is 0 Å². The average molecular weight is 317 g/mol. The van der Waals surface area contributed by atoms with E-state index in [4.69, 9.17) is 0 Å². The Kier molecular flexibility index (Phi) is 5.13. The molecule has 1 saturated heterocycles. The van der Waals surface area contributed by atoms with Crippen LogP contribution in [-0.4, -0.2) is 53.9 Å². The first-order valence-electron chi connectivity index (χ1n) is 7.56. The first kappa shape index (κ1) is 14.8. The number of nitrogens with zero attached hydrogens (tertiary/aromatic N) is 2. The minimum absolute atomic E-state index is 0.563. The van der Waals surface area contributed by atoms with E-state index in [9.17, 15) is 0 Å². The van der Waals surface area contributed by atoms with E-state index in [1.807, 2.05) is 0 Å². The number of alkyl halides is 1. The van der Waals surface area contributed by atoms with Gasteiger partial charge in [0.25, 0.3) is 0 Å². The first-order chi connectivity index (χ1) is 8.56. The SMILES string of the molecule is CC1CN(CC2(CBr)CCCCC2)CC(C)N1C. The standard InChI is InChI=1S/C15H29BrN2/c1-13-9-18(10-14(2)17(13)3)12-15(11-16)7-5-4-6-8-15/h13-14H,4-12H2,1-3H3. The molecule has 0 bridgehead atoms. The van der Waals surface area contributed by atoms with Crippen molar-refractivity contribution in [1.29, 1.82) is 0 Å². The molecule has 0 aromatic rings. The predicted octanol–water partition coefficient (Wildman–Crippen LogP) is 3.36. The second-order valence-electron chi connectivity index (χ2n) is 6.75. The van der Waals surface area contributed by atoms with Gasteiger partial charge >= 0.3 is 0 Å². The highest BCUT2D eigenvalue weighted by Crippen LogP contribution is 2.39. The molecule has 2 rings (SSSR count). The van der Waals surface area contributed by atoms with Crippen LogP contribution in [0.25, 0.3) is 0 Å². The fourth-order valence-corrected chi connectivity index (χ4v) is 4.49. The summed E-state index contributed by atoms with van der Waals surface area (Å²) in [4.78, 5) is 5.25. The molecule has 0 aromatic carbocycles. The van der Waals surface area contributed by atoms with Crippen molar-refractivity contribution in [3.8, 4) is 0 Å². The second-order valence-corrected chi connectivity index (χ2v) is 7.31. The number of halogens is 1. The molecule has 2 nitrogen and oxygen atoms in total. The van der Waals surface area contributed by atoms with Gasteiger partial charge in [-0.25, -0.2) is 0 Å². The molecule has 0 aromatic heterocycles. The summed E-state index contributed by atoms with van der Waals surface area (Å²) in [5.41, 5.74) is 0.563. The lowest BCUT2D eigenvalue weighted by molar-refractivity contribution is 0.0271. The molecule has 1 aliphatic carbocycles. The van der Waals surface area contributed by atoms with Gasteiger partial charge in [-0.2, -0.15) is 0 Å². The topological polar surface area (TPSA) is 6.48 Å². The summed E-state index contributed by atoms with van der Waals surface area (Å²) >= 11 is 3.80. The first-order valence-corrected chi connectivity index (χ1v) is 8.69. The molecule has 3 heteroatoms. The summed E-state index contributed by atoms with van der Waals surface area (Å²) in [6.45, 7) is 8.53. The molecule has 1 heterocycles. The van der Waals surface area contributed by atoms with Gasteiger partial charge in [0, 0.05) is 37.0 Å². The van der Waals surface area contributed by atoms with E-state index < -0.39 is 0 Å². The molecule has 1 aliphatic heterocycles. The van der Waals surface area contributed by atoms with E-state index in [-0.39, 0.29) is 0 Å². The van der Waals surface area contributed by atoms with Crippen molar-refractivity contribution in [2.24, 2.45) is 5.41 Å². The number of rotatable bonds is 3. The quantitative estimate of drug-likeness (QED) is 0.737. The summed E-state index contributed by atoms with van der Waals surface area (Å²) < 4.78 is 0. The van der Waals surface area contributed by atoms with Crippen LogP contribution < -0.4 is 0 Å². The fraction of sp³-hybridized carbons (Fsp3) is 1.00. The minimum Gasteiger partial charge on any atom is -0.300 e. The van der Waals surface area contributed by atoms with Gasteiger partial charge in [-0.3, -0.25) is 9.80 Å². The molecule has 0 spiro atoms. The molecule has 1 saturated carbocycles. The molecule has 106 valence electrons. The number of hydrogen-bond donors (Lipinski definition) is 0. The van der Waals surface area contributed by atoms with Gasteiger partial charge in [0.15, 0.2) is 0 Å². The summed E-state index contributed by atoms with van der Waals surface area (Å²) in [7, 11) is 2.27. The Hall–Kier alpha value is 0.400. The fourth-order valence-electron chi connectivity index (χ4n) is 3.75. The zero-order valence-corrected chi connectivity index (χ0v) is 13.9. The Morgan fingerprint density at radius 2 is 1.61 bits per heavy atom. The highest BCUT2D eigenvalue weighted by molar-refractivity contribution is 9.09. The Morgan fingerprint density at radius 1 is 1.06 bits per heavy atom. The van der Waals surface area contributed by atoms with Crippen molar-refractivity contribution in [1.82, 2.24) is 9.80 Å². The van der Waals surface area contributed by atoms with Crippen LogP contribution in [0.3, 0.4) is 0 Å². The average Bonchev–Trinajstić information content (AvgIpc) is 2.37. The summed E-state index contributed by atoms with van der Waals surface area (Å²) in [5, 5.41) is 1.19. The van der Waals surface area contributed by atoms with Gasteiger partial charge in [-0.1, -0.05) is 35.2 Å². The van der Waals surface area contributed by atoms with Crippen LogP contribution in [0.2, 0.25) is 0 Å². The molecular weight excluding hydrogens is 288 g/mol. The molecule has 18 heavy (non-hydrogen) atoms. The number of hydrogen-bond acceptors (Lipinski definition) is 2. The molecule has 0 amide bonds. The van der Waals surface area contributed by atoms with Crippen molar-refractivity contribution in [3.63, 3.8) is 0 Å². The van der Waals surface area contributed by atoms with Crippen molar-refractivity contribution in [2.75, 3.05) is 32.0 Å². The van der Waals surface area contributed by atoms with E-state index in [1.165, 1.54) is 57.1 Å². The third-order valence-corrected chi connectivity index (χ3v) is 6.38.